The molecule has 104 valence electrons. The number of nitrogens with two attached hydrogens (primary N) is 1. The van der Waals surface area contributed by atoms with Crippen molar-refractivity contribution in [2.24, 2.45) is 5.92 Å². The van der Waals surface area contributed by atoms with Gasteiger partial charge in [0.1, 0.15) is 0 Å². The van der Waals surface area contributed by atoms with Gasteiger partial charge in [-0.2, -0.15) is 0 Å². The molecule has 3 nitrogen and oxygen atoms in total. The van der Waals surface area contributed by atoms with Crippen molar-refractivity contribution in [3.05, 3.63) is 29.3 Å². The van der Waals surface area contributed by atoms with Crippen molar-refractivity contribution in [3.63, 3.8) is 0 Å². The van der Waals surface area contributed by atoms with Crippen molar-refractivity contribution >= 4 is 11.6 Å². The van der Waals surface area contributed by atoms with Crippen LogP contribution in [0.3, 0.4) is 0 Å². The number of nitrogens with zero attached hydrogens (tertiary/aromatic N) is 1. The Hall–Kier alpha value is -1.51. The summed E-state index contributed by atoms with van der Waals surface area (Å²) in [5.41, 5.74) is 8.19. The number of hydrogen-bond donors (Lipinski definition) is 1. The summed E-state index contributed by atoms with van der Waals surface area (Å²) in [5, 5.41) is 0. The van der Waals surface area contributed by atoms with E-state index in [-0.39, 0.29) is 5.91 Å². The lowest BCUT2D eigenvalue weighted by atomic mass is 9.89. The maximum atomic E-state index is 12.5. The number of nitrogen functional groups attached to an aromatic ring is 1. The molecule has 0 bridgehead atoms. The van der Waals surface area contributed by atoms with E-state index in [4.69, 9.17) is 5.73 Å². The van der Waals surface area contributed by atoms with Crippen LogP contribution < -0.4 is 5.73 Å². The van der Waals surface area contributed by atoms with Gasteiger partial charge >= 0.3 is 0 Å². The van der Waals surface area contributed by atoms with E-state index in [0.717, 1.165) is 17.7 Å². The largest absolute Gasteiger partial charge is 0.398 e. The molecule has 3 heteroatoms. The summed E-state index contributed by atoms with van der Waals surface area (Å²) in [6.07, 6.45) is 6.48. The number of hydrogen-bond acceptors (Lipinski definition) is 2. The lowest BCUT2D eigenvalue weighted by molar-refractivity contribution is 0.0760. The molecule has 1 aromatic rings. The van der Waals surface area contributed by atoms with Crippen LogP contribution in [-0.2, 0) is 0 Å². The lowest BCUT2D eigenvalue weighted by Crippen LogP contribution is -2.33. The first kappa shape index (κ1) is 13.9. The van der Waals surface area contributed by atoms with Gasteiger partial charge in [0.25, 0.3) is 5.91 Å². The molecular formula is C16H24N2O. The van der Waals surface area contributed by atoms with Gasteiger partial charge in [-0.15, -0.1) is 0 Å². The van der Waals surface area contributed by atoms with E-state index in [0.29, 0.717) is 11.6 Å². The second-order valence-corrected chi connectivity index (χ2v) is 5.71. The van der Waals surface area contributed by atoms with Crippen LogP contribution in [0.2, 0.25) is 0 Å². The first-order valence-electron chi connectivity index (χ1n) is 7.20. The summed E-state index contributed by atoms with van der Waals surface area (Å²) in [7, 11) is 1.90. The van der Waals surface area contributed by atoms with E-state index in [2.05, 4.69) is 0 Å². The molecule has 1 aromatic carbocycles. The Kier molecular flexibility index (Phi) is 4.46. The van der Waals surface area contributed by atoms with Crippen LogP contribution in [0.25, 0.3) is 0 Å². The van der Waals surface area contributed by atoms with Crippen molar-refractivity contribution in [2.75, 3.05) is 19.3 Å². The fourth-order valence-electron chi connectivity index (χ4n) is 2.93. The average Bonchev–Trinajstić information content (AvgIpc) is 2.42. The molecule has 1 aliphatic rings. The molecule has 2 N–H and O–H groups in total. The van der Waals surface area contributed by atoms with Gasteiger partial charge in [-0.25, -0.2) is 0 Å². The fraction of sp³-hybridized carbons (Fsp3) is 0.562. The summed E-state index contributed by atoms with van der Waals surface area (Å²) < 4.78 is 0. The van der Waals surface area contributed by atoms with Crippen LogP contribution in [0.15, 0.2) is 18.2 Å². The van der Waals surface area contributed by atoms with Gasteiger partial charge < -0.3 is 10.6 Å². The van der Waals surface area contributed by atoms with Gasteiger partial charge in [0.2, 0.25) is 0 Å². The Morgan fingerprint density at radius 2 is 2.00 bits per heavy atom. The second kappa shape index (κ2) is 6.09. The third-order valence-electron chi connectivity index (χ3n) is 4.21. The second-order valence-electron chi connectivity index (χ2n) is 5.71. The first-order chi connectivity index (χ1) is 9.09. The zero-order valence-electron chi connectivity index (χ0n) is 12.0. The Morgan fingerprint density at radius 3 is 2.68 bits per heavy atom. The van der Waals surface area contributed by atoms with Crippen LogP contribution in [0.4, 0.5) is 5.69 Å². The summed E-state index contributed by atoms with van der Waals surface area (Å²) in [6.45, 7) is 2.78. The van der Waals surface area contributed by atoms with Gasteiger partial charge in [0.05, 0.1) is 0 Å². The molecule has 1 fully saturated rings. The van der Waals surface area contributed by atoms with Crippen molar-refractivity contribution in [3.8, 4) is 0 Å². The zero-order chi connectivity index (χ0) is 13.8. The predicted molar refractivity (Wildman–Crippen MR) is 79.1 cm³/mol. The van der Waals surface area contributed by atoms with Crippen LogP contribution in [-0.4, -0.2) is 24.4 Å². The molecule has 0 spiro atoms. The zero-order valence-corrected chi connectivity index (χ0v) is 12.0. The van der Waals surface area contributed by atoms with Crippen LogP contribution in [0, 0.1) is 12.8 Å². The summed E-state index contributed by atoms with van der Waals surface area (Å²) in [6, 6.07) is 5.56. The molecule has 0 saturated heterocycles. The standard InChI is InChI=1S/C16H24N2O/c1-12-14(9-6-10-15(12)17)16(19)18(2)11-13-7-4-3-5-8-13/h6,9-10,13H,3-5,7-8,11,17H2,1-2H3. The molecule has 0 aliphatic heterocycles. The molecule has 19 heavy (non-hydrogen) atoms. The smallest absolute Gasteiger partial charge is 0.253 e. The maximum absolute atomic E-state index is 12.5. The number of carbonyl (C=O) groups is 1. The van der Waals surface area contributed by atoms with Crippen LogP contribution in [0.1, 0.15) is 48.0 Å². The lowest BCUT2D eigenvalue weighted by Gasteiger charge is -2.27. The molecule has 1 amide bonds. The highest BCUT2D eigenvalue weighted by atomic mass is 16.2. The highest BCUT2D eigenvalue weighted by Gasteiger charge is 2.20. The first-order valence-corrected chi connectivity index (χ1v) is 7.20. The van der Waals surface area contributed by atoms with Crippen molar-refractivity contribution in [1.82, 2.24) is 4.90 Å². The monoisotopic (exact) mass is 260 g/mol. The topological polar surface area (TPSA) is 46.3 Å². The highest BCUT2D eigenvalue weighted by Crippen LogP contribution is 2.25. The maximum Gasteiger partial charge on any atom is 0.253 e. The third kappa shape index (κ3) is 3.28. The fourth-order valence-corrected chi connectivity index (χ4v) is 2.93. The molecule has 0 heterocycles. The van der Waals surface area contributed by atoms with Crippen LogP contribution >= 0.6 is 0 Å². The normalized spacial score (nSPS) is 16.3. The number of anilines is 1. The molecule has 0 unspecified atom stereocenters. The molecule has 0 radical (unpaired) electrons. The SMILES string of the molecule is Cc1c(N)cccc1C(=O)N(C)CC1CCCCC1. The minimum Gasteiger partial charge on any atom is -0.398 e. The number of rotatable bonds is 3. The van der Waals surface area contributed by atoms with Crippen LogP contribution in [0.5, 0.6) is 0 Å². The molecular weight excluding hydrogens is 236 g/mol. The summed E-state index contributed by atoms with van der Waals surface area (Å²) in [5.74, 6) is 0.763. The predicted octanol–water partition coefficient (Wildman–Crippen LogP) is 3.23. The van der Waals surface area contributed by atoms with Gasteiger partial charge in [0.15, 0.2) is 0 Å². The minimum atomic E-state index is 0.0929. The Bertz CT molecular complexity index is 450. The number of benzene rings is 1. The molecule has 0 aromatic heterocycles. The molecule has 1 saturated carbocycles. The van der Waals surface area contributed by atoms with E-state index in [1.165, 1.54) is 32.1 Å². The molecule has 0 atom stereocenters. The third-order valence-corrected chi connectivity index (χ3v) is 4.21. The quantitative estimate of drug-likeness (QED) is 0.848. The van der Waals surface area contributed by atoms with E-state index < -0.39 is 0 Å². The molecule has 1 aliphatic carbocycles. The highest BCUT2D eigenvalue weighted by molar-refractivity contribution is 5.96. The van der Waals surface area contributed by atoms with E-state index >= 15 is 0 Å². The van der Waals surface area contributed by atoms with Crippen molar-refractivity contribution in [2.45, 2.75) is 39.0 Å². The van der Waals surface area contributed by atoms with E-state index in [1.807, 2.05) is 37.1 Å². The number of amides is 1. The summed E-state index contributed by atoms with van der Waals surface area (Å²) >= 11 is 0. The summed E-state index contributed by atoms with van der Waals surface area (Å²) in [4.78, 5) is 14.3. The average molecular weight is 260 g/mol. The van der Waals surface area contributed by atoms with Gasteiger partial charge in [0, 0.05) is 24.8 Å². The van der Waals surface area contributed by atoms with Gasteiger partial charge in [-0.1, -0.05) is 25.3 Å². The van der Waals surface area contributed by atoms with Crippen molar-refractivity contribution in [1.29, 1.82) is 0 Å². The van der Waals surface area contributed by atoms with Gasteiger partial charge in [-0.3, -0.25) is 4.79 Å². The Balaban J connectivity index is 2.03. The minimum absolute atomic E-state index is 0.0929. The van der Waals surface area contributed by atoms with Crippen molar-refractivity contribution < 1.29 is 4.79 Å². The van der Waals surface area contributed by atoms with E-state index in [9.17, 15) is 4.79 Å². The Morgan fingerprint density at radius 1 is 1.32 bits per heavy atom. The van der Waals surface area contributed by atoms with E-state index in [1.54, 1.807) is 0 Å². The molecule has 2 rings (SSSR count). The number of carbonyl (C=O) groups excluding carboxylic acids is 1. The Labute approximate surface area is 115 Å². The van der Waals surface area contributed by atoms with Gasteiger partial charge in [-0.05, 0) is 43.4 Å².